The lowest BCUT2D eigenvalue weighted by Crippen LogP contribution is -2.47. The van der Waals surface area contributed by atoms with Gasteiger partial charge in [0.05, 0.1) is 113 Å². The van der Waals surface area contributed by atoms with Crippen LogP contribution in [-0.2, 0) is 11.3 Å². The summed E-state index contributed by atoms with van der Waals surface area (Å²) in [5.41, 5.74) is 18.3. The van der Waals surface area contributed by atoms with Gasteiger partial charge in [-0.25, -0.2) is 15.0 Å². The number of aryl methyl sites for hydroxylation is 6. The number of anilines is 1. The maximum Gasteiger partial charge on any atom is 0.150 e. The molecule has 9 N–H and O–H groups in total. The van der Waals surface area contributed by atoms with E-state index in [4.69, 9.17) is 33.9 Å². The average molecular weight is 1330 g/mol. The molecule has 510 valence electrons. The molecule has 10 aromatic rings. The normalized spacial score (nSPS) is 17.4. The molecule has 0 amide bonds. The number of H-pyrrole nitrogens is 6. The van der Waals surface area contributed by atoms with Gasteiger partial charge < -0.3 is 69.3 Å². The number of para-hydroxylation sites is 4. The number of aromatic amines is 6. The molecule has 0 radical (unpaired) electrons. The van der Waals surface area contributed by atoms with Crippen LogP contribution in [-0.4, -0.2) is 157 Å². The number of aromatic nitrogens is 6. The van der Waals surface area contributed by atoms with E-state index >= 15 is 0 Å². The average Bonchev–Trinajstić information content (AvgIpc) is 1.61. The summed E-state index contributed by atoms with van der Waals surface area (Å²) < 4.78 is 22.7. The van der Waals surface area contributed by atoms with Crippen LogP contribution in [0.4, 0.5) is 5.69 Å². The molecule has 99 heavy (non-hydrogen) atoms. The fourth-order valence-corrected chi connectivity index (χ4v) is 14.0. The molecule has 2 fully saturated rings. The summed E-state index contributed by atoms with van der Waals surface area (Å²) in [6.45, 7) is 22.6. The van der Waals surface area contributed by atoms with Crippen molar-refractivity contribution in [2.75, 3.05) is 111 Å². The Balaban J connectivity index is 0.000000134. The largest absolute Gasteiger partial charge is 0.494 e. The van der Waals surface area contributed by atoms with Gasteiger partial charge >= 0.3 is 0 Å². The number of aliphatic hydroxyl groups is 2. The minimum Gasteiger partial charge on any atom is -0.494 e. The molecular weight excluding hydrogens is 1240 g/mol. The van der Waals surface area contributed by atoms with Gasteiger partial charge in [0.1, 0.15) is 17.2 Å². The molecule has 2 saturated heterocycles. The Morgan fingerprint density at radius 1 is 0.485 bits per heavy atom. The molecule has 0 atom stereocenters. The fraction of sp³-hybridized carbons (Fsp3) is 0.287. The highest BCUT2D eigenvalue weighted by molar-refractivity contribution is 5.92. The minimum atomic E-state index is -0.182. The van der Waals surface area contributed by atoms with Crippen LogP contribution in [0.25, 0.3) is 52.0 Å². The summed E-state index contributed by atoms with van der Waals surface area (Å²) in [6.07, 6.45) is 6.22. The molecule has 4 aromatic carbocycles. The summed E-state index contributed by atoms with van der Waals surface area (Å²) in [5, 5.41) is 34.4. The Labute approximate surface area is 574 Å². The van der Waals surface area contributed by atoms with Crippen LogP contribution < -0.4 is 88.2 Å². The van der Waals surface area contributed by atoms with E-state index in [0.29, 0.717) is 24.4 Å². The Morgan fingerprint density at radius 2 is 0.929 bits per heavy atom. The standard InChI is InChI=1S/C31H33N5O.C25H28N4O2.C24H28N4O3/c1-21-17-22(2)32-27(21)18-28-30(37-3)19-29(33-28)31-25(24-11-7-8-12-26(24)34-31)20-35-13-15-36(16-14-35)23-9-5-4-6-10-23;1-16-12-17(2)26-21(16)13-22-24(30-3)14-23(27-22)25-19(15-29-8-10-31-11-9-29)18-6-4-5-7-20(18)28-25;1-14-10-15(2)26-20(14)11-21-24(31-3)18(13-30)23(28-21)22-17(12-25-8-9-29)16-6-4-5-7-19(16)27-22/h4-12,17-19,32-33H,13-16,20H2,1-3H3;4-7,12-14,26-27H,8-11,15H2,1-3H3;4-7,10-11,25-26,28-30H,8-9,12-13H2,1-3H3/b28-18-,31-29?;22-13-,25-23?;21-11-,23-22?. The predicted octanol–water partition coefficient (Wildman–Crippen LogP) is 2.40. The first-order valence-corrected chi connectivity index (χ1v) is 34.0. The number of ether oxygens (including phenoxy) is 4. The summed E-state index contributed by atoms with van der Waals surface area (Å²) in [6, 6.07) is 46.0. The van der Waals surface area contributed by atoms with Crippen molar-refractivity contribution < 1.29 is 29.2 Å². The van der Waals surface area contributed by atoms with Gasteiger partial charge in [-0.15, -0.1) is 0 Å². The van der Waals surface area contributed by atoms with E-state index in [1.807, 2.05) is 43.3 Å². The van der Waals surface area contributed by atoms with Crippen molar-refractivity contribution in [1.82, 2.24) is 45.0 Å². The van der Waals surface area contributed by atoms with Crippen molar-refractivity contribution in [2.45, 2.75) is 48.1 Å². The third kappa shape index (κ3) is 14.7. The fourth-order valence-electron chi connectivity index (χ4n) is 14.0. The zero-order chi connectivity index (χ0) is 68.7. The second-order valence-electron chi connectivity index (χ2n) is 25.7. The first-order chi connectivity index (χ1) is 48.3. The smallest absolute Gasteiger partial charge is 0.150 e. The van der Waals surface area contributed by atoms with Gasteiger partial charge in [0.25, 0.3) is 0 Å². The second-order valence-corrected chi connectivity index (χ2v) is 25.7. The van der Waals surface area contributed by atoms with E-state index in [9.17, 15) is 10.2 Å². The highest BCUT2D eigenvalue weighted by Crippen LogP contribution is 2.23. The third-order valence-corrected chi connectivity index (χ3v) is 18.9. The lowest BCUT2D eigenvalue weighted by atomic mass is 10.1. The number of piperazine rings is 1. The van der Waals surface area contributed by atoms with E-state index in [-0.39, 0.29) is 13.2 Å². The van der Waals surface area contributed by atoms with Crippen LogP contribution in [0.1, 0.15) is 56.4 Å². The van der Waals surface area contributed by atoms with Crippen LogP contribution in [0.5, 0.6) is 17.2 Å². The highest BCUT2D eigenvalue weighted by Gasteiger charge is 2.25. The van der Waals surface area contributed by atoms with Crippen molar-refractivity contribution >= 4 is 57.7 Å². The quantitative estimate of drug-likeness (QED) is 0.0642. The maximum absolute atomic E-state index is 10.2. The van der Waals surface area contributed by atoms with Crippen LogP contribution >= 0.6 is 0 Å². The molecule has 6 aromatic heterocycles. The number of aliphatic hydroxyl groups excluding tert-OH is 2. The molecule has 0 unspecified atom stereocenters. The Morgan fingerprint density at radius 3 is 1.37 bits per heavy atom. The molecule has 11 heterocycles. The highest BCUT2D eigenvalue weighted by atomic mass is 16.5. The molecule has 0 saturated carbocycles. The first kappa shape index (κ1) is 67.3. The Hall–Kier alpha value is -10.3. The van der Waals surface area contributed by atoms with Crippen LogP contribution in [0.2, 0.25) is 0 Å². The number of benzene rings is 4. The first-order valence-electron chi connectivity index (χ1n) is 34.0. The minimum absolute atomic E-state index is 0.0631. The van der Waals surface area contributed by atoms with Crippen molar-refractivity contribution in [1.29, 1.82) is 0 Å². The summed E-state index contributed by atoms with van der Waals surface area (Å²) >= 11 is 0. The SMILES string of the molecule is COc1c(CO)c(=C2N=c3ccccc3=C2CNCCO)[nH]/c1=C\c1[nH]c(C)cc1C.COc1cc(=C2N=c3ccccc3=C2CN2CCN(c3ccccc3)CC2)[nH]/c1=C\c1[nH]c(C)cc1C.COc1cc(=C2N=c3ccccc3=C2CN2CCOCC2)[nH]/c1=C\c1[nH]c(C)cc1C. The summed E-state index contributed by atoms with van der Waals surface area (Å²) in [7, 11) is 5.04. The zero-order valence-corrected chi connectivity index (χ0v) is 58.0. The van der Waals surface area contributed by atoms with Crippen molar-refractivity contribution in [3.05, 3.63) is 254 Å². The molecule has 5 aliphatic heterocycles. The van der Waals surface area contributed by atoms with E-state index in [0.717, 1.165) is 193 Å². The third-order valence-electron chi connectivity index (χ3n) is 18.9. The summed E-state index contributed by atoms with van der Waals surface area (Å²) in [5.74, 6) is 2.23. The second kappa shape index (κ2) is 30.3. The van der Waals surface area contributed by atoms with Crippen molar-refractivity contribution in [3.63, 3.8) is 0 Å². The Kier molecular flexibility index (Phi) is 20.6. The molecule has 0 bridgehead atoms. The Bertz CT molecular complexity index is 5440. The number of morpholine rings is 1. The monoisotopic (exact) mass is 1330 g/mol. The number of hydrogen-bond acceptors (Lipinski definition) is 13. The molecule has 19 nitrogen and oxygen atoms in total. The molecule has 19 heteroatoms. The molecule has 0 spiro atoms. The van der Waals surface area contributed by atoms with E-state index in [2.05, 4.69) is 200 Å². The van der Waals surface area contributed by atoms with Crippen molar-refractivity contribution in [2.24, 2.45) is 15.0 Å². The number of nitrogens with zero attached hydrogens (tertiary/aromatic N) is 6. The topological polar surface area (TPSA) is 231 Å². The lowest BCUT2D eigenvalue weighted by molar-refractivity contribution is 0.0444. The van der Waals surface area contributed by atoms with Gasteiger partial charge in [-0.05, 0) is 125 Å². The van der Waals surface area contributed by atoms with Crippen LogP contribution in [0.3, 0.4) is 0 Å². The van der Waals surface area contributed by atoms with Gasteiger partial charge in [0.15, 0.2) is 0 Å². The van der Waals surface area contributed by atoms with E-state index in [1.165, 1.54) is 38.4 Å². The van der Waals surface area contributed by atoms with Crippen molar-refractivity contribution in [3.8, 4) is 17.2 Å². The zero-order valence-electron chi connectivity index (χ0n) is 58.0. The van der Waals surface area contributed by atoms with Gasteiger partial charge in [-0.2, -0.15) is 0 Å². The van der Waals surface area contributed by atoms with Gasteiger partial charge in [-0.1, -0.05) is 72.8 Å². The number of nitrogens with one attached hydrogen (secondary N) is 7. The van der Waals surface area contributed by atoms with E-state index < -0.39 is 0 Å². The van der Waals surface area contributed by atoms with Crippen LogP contribution in [0, 0.1) is 41.5 Å². The maximum atomic E-state index is 10.2. The van der Waals surface area contributed by atoms with Crippen LogP contribution in [0.15, 0.2) is 148 Å². The van der Waals surface area contributed by atoms with Gasteiger partial charge in [0, 0.05) is 155 Å². The number of rotatable bonds is 16. The molecule has 15 rings (SSSR count). The van der Waals surface area contributed by atoms with Gasteiger partial charge in [0.2, 0.25) is 0 Å². The molecule has 5 aliphatic rings. The van der Waals surface area contributed by atoms with E-state index in [1.54, 1.807) is 21.3 Å². The number of methoxy groups -OCH3 is 3. The molecular formula is C80H89N13O6. The molecule has 0 aliphatic carbocycles. The summed E-state index contributed by atoms with van der Waals surface area (Å²) in [4.78, 5) is 43.2. The number of hydrogen-bond donors (Lipinski definition) is 9. The lowest BCUT2D eigenvalue weighted by Gasteiger charge is -2.36. The number of fused-ring (bicyclic) bond motifs is 3. The van der Waals surface area contributed by atoms with Gasteiger partial charge in [-0.3, -0.25) is 9.80 Å². The predicted molar refractivity (Wildman–Crippen MR) is 392 cm³/mol.